The Hall–Kier alpha value is -2.63. The first-order chi connectivity index (χ1) is 10.5. The Morgan fingerprint density at radius 2 is 1.86 bits per heavy atom. The van der Waals surface area contributed by atoms with Gasteiger partial charge in [0.05, 0.1) is 29.4 Å². The lowest BCUT2D eigenvalue weighted by Gasteiger charge is -2.13. The lowest BCUT2D eigenvalue weighted by Crippen LogP contribution is -2.13. The van der Waals surface area contributed by atoms with E-state index in [1.165, 1.54) is 0 Å². The number of ether oxygens (including phenoxy) is 1. The summed E-state index contributed by atoms with van der Waals surface area (Å²) in [6.45, 7) is 4.02. The van der Waals surface area contributed by atoms with E-state index in [0.29, 0.717) is 11.8 Å². The molecule has 0 unspecified atom stereocenters. The van der Waals surface area contributed by atoms with Crippen molar-refractivity contribution in [3.63, 3.8) is 0 Å². The number of fused-ring (bicyclic) bond motifs is 1. The summed E-state index contributed by atoms with van der Waals surface area (Å²) in [6, 6.07) is 8.03. The Balaban J connectivity index is 2.22. The molecule has 114 valence electrons. The standard InChI is InChI=1S/C16H19N5O/c1-10-8-11(2)21(19-10)12-6-7-13-14(9-12)17-16(20(3)4)18-15(13)22-5/h6-9H,1-5H3. The van der Waals surface area contributed by atoms with Crippen LogP contribution in [0.3, 0.4) is 0 Å². The molecule has 22 heavy (non-hydrogen) atoms. The second kappa shape index (κ2) is 5.29. The highest BCUT2D eigenvalue weighted by atomic mass is 16.5. The Morgan fingerprint density at radius 1 is 1.09 bits per heavy atom. The summed E-state index contributed by atoms with van der Waals surface area (Å²) < 4.78 is 7.31. The molecule has 2 aromatic heterocycles. The highest BCUT2D eigenvalue weighted by Crippen LogP contribution is 2.27. The van der Waals surface area contributed by atoms with E-state index in [1.54, 1.807) is 7.11 Å². The summed E-state index contributed by atoms with van der Waals surface area (Å²) in [4.78, 5) is 10.9. The first-order valence-corrected chi connectivity index (χ1v) is 7.06. The molecule has 0 N–H and O–H groups in total. The van der Waals surface area contributed by atoms with Crippen molar-refractivity contribution in [1.29, 1.82) is 0 Å². The Morgan fingerprint density at radius 3 is 2.45 bits per heavy atom. The molecule has 0 radical (unpaired) electrons. The predicted octanol–water partition coefficient (Wildman–Crippen LogP) is 2.51. The maximum atomic E-state index is 5.39. The van der Waals surface area contributed by atoms with Crippen LogP contribution in [0.25, 0.3) is 16.6 Å². The quantitative estimate of drug-likeness (QED) is 0.743. The van der Waals surface area contributed by atoms with Gasteiger partial charge in [0.25, 0.3) is 0 Å². The van der Waals surface area contributed by atoms with Crippen molar-refractivity contribution < 1.29 is 4.74 Å². The largest absolute Gasteiger partial charge is 0.480 e. The molecule has 0 aliphatic carbocycles. The third kappa shape index (κ3) is 2.36. The van der Waals surface area contributed by atoms with Gasteiger partial charge in [0.15, 0.2) is 0 Å². The second-order valence-electron chi connectivity index (χ2n) is 5.47. The molecule has 0 aliphatic rings. The van der Waals surface area contributed by atoms with Crippen molar-refractivity contribution in [3.05, 3.63) is 35.7 Å². The molecule has 0 atom stereocenters. The maximum absolute atomic E-state index is 5.39. The molecule has 0 saturated carbocycles. The molecule has 3 rings (SSSR count). The van der Waals surface area contributed by atoms with Crippen molar-refractivity contribution in [2.24, 2.45) is 0 Å². The van der Waals surface area contributed by atoms with E-state index in [1.807, 2.05) is 55.7 Å². The normalized spacial score (nSPS) is 11.0. The van der Waals surface area contributed by atoms with Gasteiger partial charge in [-0.2, -0.15) is 10.1 Å². The van der Waals surface area contributed by atoms with Gasteiger partial charge < -0.3 is 9.64 Å². The number of methoxy groups -OCH3 is 1. The van der Waals surface area contributed by atoms with E-state index in [2.05, 4.69) is 21.1 Å². The van der Waals surface area contributed by atoms with Crippen LogP contribution in [-0.4, -0.2) is 41.0 Å². The van der Waals surface area contributed by atoms with Gasteiger partial charge in [0, 0.05) is 19.8 Å². The minimum absolute atomic E-state index is 0.577. The minimum Gasteiger partial charge on any atom is -0.480 e. The summed E-state index contributed by atoms with van der Waals surface area (Å²) in [5, 5.41) is 5.41. The summed E-state index contributed by atoms with van der Waals surface area (Å²) in [5.41, 5.74) is 3.89. The van der Waals surface area contributed by atoms with Crippen LogP contribution in [0.15, 0.2) is 24.3 Å². The van der Waals surface area contributed by atoms with Crippen molar-refractivity contribution in [2.45, 2.75) is 13.8 Å². The SMILES string of the molecule is COc1nc(N(C)C)nc2cc(-n3nc(C)cc3C)ccc12. The van der Waals surface area contributed by atoms with Gasteiger partial charge in [-0.15, -0.1) is 0 Å². The zero-order valence-electron chi connectivity index (χ0n) is 13.5. The van der Waals surface area contributed by atoms with Crippen LogP contribution < -0.4 is 9.64 Å². The smallest absolute Gasteiger partial charge is 0.228 e. The monoisotopic (exact) mass is 297 g/mol. The first kappa shape index (κ1) is 14.3. The van der Waals surface area contributed by atoms with Gasteiger partial charge >= 0.3 is 0 Å². The lowest BCUT2D eigenvalue weighted by atomic mass is 10.2. The number of aromatic nitrogens is 4. The highest BCUT2D eigenvalue weighted by Gasteiger charge is 2.12. The highest BCUT2D eigenvalue weighted by molar-refractivity contribution is 5.86. The van der Waals surface area contributed by atoms with Gasteiger partial charge in [0.2, 0.25) is 11.8 Å². The number of nitrogens with zero attached hydrogens (tertiary/aromatic N) is 5. The molecule has 0 bridgehead atoms. The molecular formula is C16H19N5O. The van der Waals surface area contributed by atoms with Crippen LogP contribution in [-0.2, 0) is 0 Å². The maximum Gasteiger partial charge on any atom is 0.228 e. The van der Waals surface area contributed by atoms with Crippen LogP contribution in [0, 0.1) is 13.8 Å². The molecular weight excluding hydrogens is 278 g/mol. The molecule has 0 saturated heterocycles. The van der Waals surface area contributed by atoms with Gasteiger partial charge in [-0.05, 0) is 38.1 Å². The summed E-state index contributed by atoms with van der Waals surface area (Å²) >= 11 is 0. The molecule has 1 aromatic carbocycles. The zero-order valence-corrected chi connectivity index (χ0v) is 13.5. The molecule has 6 nitrogen and oxygen atoms in total. The average molecular weight is 297 g/mol. The molecule has 6 heteroatoms. The van der Waals surface area contributed by atoms with Crippen LogP contribution >= 0.6 is 0 Å². The summed E-state index contributed by atoms with van der Waals surface area (Å²) in [7, 11) is 5.44. The fourth-order valence-electron chi connectivity index (χ4n) is 2.45. The number of aryl methyl sites for hydroxylation is 2. The van der Waals surface area contributed by atoms with Gasteiger partial charge in [-0.1, -0.05) is 0 Å². The molecule has 0 fully saturated rings. The Labute approximate surface area is 129 Å². The van der Waals surface area contributed by atoms with Crippen molar-refractivity contribution in [3.8, 4) is 11.6 Å². The minimum atomic E-state index is 0.577. The average Bonchev–Trinajstić information content (AvgIpc) is 2.84. The topological polar surface area (TPSA) is 56.1 Å². The molecule has 2 heterocycles. The van der Waals surface area contributed by atoms with Crippen molar-refractivity contribution >= 4 is 16.9 Å². The fourth-order valence-corrected chi connectivity index (χ4v) is 2.45. The fraction of sp³-hybridized carbons (Fsp3) is 0.312. The summed E-state index contributed by atoms with van der Waals surface area (Å²) in [6.07, 6.45) is 0. The Bertz CT molecular complexity index is 838. The zero-order chi connectivity index (χ0) is 15.9. The number of hydrogen-bond donors (Lipinski definition) is 0. The lowest BCUT2D eigenvalue weighted by molar-refractivity contribution is 0.403. The summed E-state index contributed by atoms with van der Waals surface area (Å²) in [5.74, 6) is 1.20. The van der Waals surface area contributed by atoms with Crippen molar-refractivity contribution in [1.82, 2.24) is 19.7 Å². The number of hydrogen-bond acceptors (Lipinski definition) is 5. The third-order valence-electron chi connectivity index (χ3n) is 3.48. The van der Waals surface area contributed by atoms with Crippen LogP contribution in [0.5, 0.6) is 5.88 Å². The van der Waals surface area contributed by atoms with Crippen LogP contribution in [0.2, 0.25) is 0 Å². The van der Waals surface area contributed by atoms with E-state index in [4.69, 9.17) is 4.74 Å². The predicted molar refractivity (Wildman–Crippen MR) is 87.0 cm³/mol. The molecule has 0 amide bonds. The van der Waals surface area contributed by atoms with Crippen LogP contribution in [0.4, 0.5) is 5.95 Å². The first-order valence-electron chi connectivity index (χ1n) is 7.06. The Kier molecular flexibility index (Phi) is 3.44. The van der Waals surface area contributed by atoms with Crippen molar-refractivity contribution in [2.75, 3.05) is 26.1 Å². The van der Waals surface area contributed by atoms with E-state index in [9.17, 15) is 0 Å². The third-order valence-corrected chi connectivity index (χ3v) is 3.48. The van der Waals surface area contributed by atoms with E-state index >= 15 is 0 Å². The second-order valence-corrected chi connectivity index (χ2v) is 5.47. The molecule has 0 aliphatic heterocycles. The van der Waals surface area contributed by atoms with E-state index in [0.717, 1.165) is 28.0 Å². The van der Waals surface area contributed by atoms with Gasteiger partial charge in [0.1, 0.15) is 0 Å². The van der Waals surface area contributed by atoms with Crippen LogP contribution in [0.1, 0.15) is 11.4 Å². The van der Waals surface area contributed by atoms with E-state index < -0.39 is 0 Å². The number of rotatable bonds is 3. The molecule has 0 spiro atoms. The van der Waals surface area contributed by atoms with Gasteiger partial charge in [-0.3, -0.25) is 0 Å². The van der Waals surface area contributed by atoms with Gasteiger partial charge in [-0.25, -0.2) is 9.67 Å². The number of anilines is 1. The van der Waals surface area contributed by atoms with E-state index in [-0.39, 0.29) is 0 Å². The number of benzene rings is 1. The molecule has 3 aromatic rings.